The zero-order chi connectivity index (χ0) is 16.4. The summed E-state index contributed by atoms with van der Waals surface area (Å²) < 4.78 is 43.0. The fourth-order valence-electron chi connectivity index (χ4n) is 2.77. The molecule has 1 aromatic heterocycles. The highest BCUT2D eigenvalue weighted by Gasteiger charge is 2.36. The van der Waals surface area contributed by atoms with Crippen LogP contribution < -0.4 is 0 Å². The summed E-state index contributed by atoms with van der Waals surface area (Å²) in [6.45, 7) is 0. The molecule has 114 valence electrons. The first-order valence-electron chi connectivity index (χ1n) is 6.69. The number of carbonyl (C=O) groups excluding carboxylic acids is 2. The maximum absolute atomic E-state index is 12.7. The molecule has 1 heterocycles. The van der Waals surface area contributed by atoms with E-state index in [4.69, 9.17) is 4.42 Å². The first kappa shape index (κ1) is 13.8. The number of fused-ring (bicyclic) bond motifs is 3. The number of rotatable bonds is 0. The smallest absolute Gasteiger partial charge is 0.449 e. The van der Waals surface area contributed by atoms with Gasteiger partial charge in [0.2, 0.25) is 5.76 Å². The van der Waals surface area contributed by atoms with Gasteiger partial charge in [-0.2, -0.15) is 13.2 Å². The molecule has 6 heteroatoms. The Labute approximate surface area is 127 Å². The minimum atomic E-state index is -4.63. The van der Waals surface area contributed by atoms with Gasteiger partial charge in [0.25, 0.3) is 0 Å². The molecule has 3 nitrogen and oxygen atoms in total. The van der Waals surface area contributed by atoms with Crippen LogP contribution in [0.15, 0.2) is 46.9 Å². The van der Waals surface area contributed by atoms with Gasteiger partial charge in [0.1, 0.15) is 5.58 Å². The van der Waals surface area contributed by atoms with Crippen molar-refractivity contribution in [1.29, 1.82) is 0 Å². The molecule has 0 bridgehead atoms. The van der Waals surface area contributed by atoms with E-state index in [0.717, 1.165) is 6.07 Å². The monoisotopic (exact) mass is 316 g/mol. The first-order valence-corrected chi connectivity index (χ1v) is 6.69. The van der Waals surface area contributed by atoms with Crippen molar-refractivity contribution in [2.24, 2.45) is 0 Å². The van der Waals surface area contributed by atoms with Crippen LogP contribution in [0.3, 0.4) is 0 Å². The van der Waals surface area contributed by atoms with Crippen molar-refractivity contribution in [3.63, 3.8) is 0 Å². The second-order valence-corrected chi connectivity index (χ2v) is 5.25. The normalized spacial score (nSPS) is 14.0. The molecule has 1 aliphatic rings. The summed E-state index contributed by atoms with van der Waals surface area (Å²) in [5, 5.41) is 0.136. The van der Waals surface area contributed by atoms with Crippen molar-refractivity contribution >= 4 is 22.5 Å². The highest BCUT2D eigenvalue weighted by atomic mass is 19.4. The second-order valence-electron chi connectivity index (χ2n) is 5.25. The van der Waals surface area contributed by atoms with E-state index in [1.54, 1.807) is 12.1 Å². The highest BCUT2D eigenvalue weighted by Crippen LogP contribution is 2.36. The largest absolute Gasteiger partial charge is 0.451 e. The summed E-state index contributed by atoms with van der Waals surface area (Å²) in [6.07, 6.45) is -4.63. The van der Waals surface area contributed by atoms with Crippen LogP contribution in [0.2, 0.25) is 0 Å². The molecular formula is C17H7F3O3. The zero-order valence-corrected chi connectivity index (χ0v) is 11.4. The number of halogens is 3. The molecule has 0 N–H and O–H groups in total. The van der Waals surface area contributed by atoms with Gasteiger partial charge in [-0.25, -0.2) is 0 Å². The van der Waals surface area contributed by atoms with E-state index in [-0.39, 0.29) is 39.0 Å². The summed E-state index contributed by atoms with van der Waals surface area (Å²) in [7, 11) is 0. The predicted molar refractivity (Wildman–Crippen MR) is 74.5 cm³/mol. The highest BCUT2D eigenvalue weighted by molar-refractivity contribution is 6.29. The van der Waals surface area contributed by atoms with Gasteiger partial charge in [0.05, 0.1) is 0 Å². The van der Waals surface area contributed by atoms with Crippen molar-refractivity contribution in [2.75, 3.05) is 0 Å². The van der Waals surface area contributed by atoms with Crippen molar-refractivity contribution in [3.05, 3.63) is 70.5 Å². The van der Waals surface area contributed by atoms with E-state index in [1.807, 2.05) is 0 Å². The molecule has 23 heavy (non-hydrogen) atoms. The lowest BCUT2D eigenvalue weighted by atomic mass is 9.83. The summed E-state index contributed by atoms with van der Waals surface area (Å²) in [6, 6.07) is 9.62. The minimum Gasteiger partial charge on any atom is -0.451 e. The Kier molecular flexibility index (Phi) is 2.58. The number of ketones is 2. The average molecular weight is 316 g/mol. The SMILES string of the molecule is O=C1c2ccccc2C(=O)c2cc3oc(C(F)(F)F)cc3cc21. The molecule has 0 radical (unpaired) electrons. The van der Waals surface area contributed by atoms with Crippen molar-refractivity contribution in [1.82, 2.24) is 0 Å². The van der Waals surface area contributed by atoms with Crippen LogP contribution >= 0.6 is 0 Å². The number of alkyl halides is 3. The van der Waals surface area contributed by atoms with Crippen LogP contribution in [0.5, 0.6) is 0 Å². The summed E-state index contributed by atoms with van der Waals surface area (Å²) >= 11 is 0. The topological polar surface area (TPSA) is 47.3 Å². The van der Waals surface area contributed by atoms with Crippen molar-refractivity contribution < 1.29 is 27.2 Å². The van der Waals surface area contributed by atoms with Crippen LogP contribution in [-0.2, 0) is 6.18 Å². The molecule has 3 aromatic rings. The van der Waals surface area contributed by atoms with E-state index in [1.165, 1.54) is 24.3 Å². The van der Waals surface area contributed by atoms with E-state index in [9.17, 15) is 22.8 Å². The van der Waals surface area contributed by atoms with Crippen molar-refractivity contribution in [3.8, 4) is 0 Å². The average Bonchev–Trinajstić information content (AvgIpc) is 2.94. The van der Waals surface area contributed by atoms with Gasteiger partial charge in [-0.3, -0.25) is 9.59 Å². The third-order valence-corrected chi connectivity index (χ3v) is 3.84. The third-order valence-electron chi connectivity index (χ3n) is 3.84. The van der Waals surface area contributed by atoms with Gasteiger partial charge in [0, 0.05) is 27.6 Å². The number of carbonyl (C=O) groups is 2. The second kappa shape index (κ2) is 4.32. The Bertz CT molecular complexity index is 924. The number of furan rings is 1. The Morgan fingerprint density at radius 3 is 1.91 bits per heavy atom. The molecule has 0 aliphatic heterocycles. The lowest BCUT2D eigenvalue weighted by molar-refractivity contribution is -0.152. The van der Waals surface area contributed by atoms with E-state index in [2.05, 4.69) is 0 Å². The van der Waals surface area contributed by atoms with Crippen LogP contribution in [-0.4, -0.2) is 11.6 Å². The van der Waals surface area contributed by atoms with Gasteiger partial charge in [0.15, 0.2) is 11.6 Å². The Hall–Kier alpha value is -2.89. The van der Waals surface area contributed by atoms with Gasteiger partial charge in [-0.05, 0) is 18.2 Å². The molecule has 0 unspecified atom stereocenters. The molecule has 1 aliphatic carbocycles. The predicted octanol–water partition coefficient (Wildman–Crippen LogP) is 4.23. The van der Waals surface area contributed by atoms with Gasteiger partial charge < -0.3 is 4.42 Å². The molecule has 0 spiro atoms. The standard InChI is InChI=1S/C17H7F3O3/c18-17(19,20)14-6-8-5-11-12(7-13(8)23-14)16(22)10-4-2-1-3-9(10)15(11)21/h1-7H. The van der Waals surface area contributed by atoms with Crippen molar-refractivity contribution in [2.45, 2.75) is 6.18 Å². The first-order chi connectivity index (χ1) is 10.9. The molecule has 0 amide bonds. The van der Waals surface area contributed by atoms with Crippen LogP contribution in [0.4, 0.5) is 13.2 Å². The van der Waals surface area contributed by atoms with E-state index in [0.29, 0.717) is 0 Å². The Balaban J connectivity index is 1.98. The van der Waals surface area contributed by atoms with Gasteiger partial charge >= 0.3 is 6.18 Å². The maximum atomic E-state index is 12.7. The molecular weight excluding hydrogens is 309 g/mol. The number of benzene rings is 2. The summed E-state index contributed by atoms with van der Waals surface area (Å²) in [5.74, 6) is -1.94. The quantitative estimate of drug-likeness (QED) is 0.488. The Morgan fingerprint density at radius 1 is 0.783 bits per heavy atom. The maximum Gasteiger partial charge on any atom is 0.449 e. The number of hydrogen-bond acceptors (Lipinski definition) is 3. The van der Waals surface area contributed by atoms with Crippen LogP contribution in [0, 0.1) is 0 Å². The lowest BCUT2D eigenvalue weighted by Crippen LogP contribution is -2.20. The molecule has 0 saturated heterocycles. The van der Waals surface area contributed by atoms with E-state index < -0.39 is 17.7 Å². The fraction of sp³-hybridized carbons (Fsp3) is 0.0588. The molecule has 0 saturated carbocycles. The van der Waals surface area contributed by atoms with E-state index >= 15 is 0 Å². The molecule has 4 rings (SSSR count). The van der Waals surface area contributed by atoms with Gasteiger partial charge in [-0.1, -0.05) is 24.3 Å². The zero-order valence-electron chi connectivity index (χ0n) is 11.4. The third kappa shape index (κ3) is 1.91. The molecule has 0 fully saturated rings. The molecule has 0 atom stereocenters. The van der Waals surface area contributed by atoms with Gasteiger partial charge in [-0.15, -0.1) is 0 Å². The summed E-state index contributed by atoms with van der Waals surface area (Å²) in [5.41, 5.74) is 0.576. The van der Waals surface area contributed by atoms with Crippen LogP contribution in [0.25, 0.3) is 11.0 Å². The van der Waals surface area contributed by atoms with Crippen LogP contribution in [0.1, 0.15) is 37.6 Å². The Morgan fingerprint density at radius 2 is 1.35 bits per heavy atom. The molecule has 2 aromatic carbocycles. The minimum absolute atomic E-state index is 0.0595. The lowest BCUT2D eigenvalue weighted by Gasteiger charge is -2.16. The fourth-order valence-corrected chi connectivity index (χ4v) is 2.77. The summed E-state index contributed by atoms with van der Waals surface area (Å²) in [4.78, 5) is 25.0. The number of hydrogen-bond donors (Lipinski definition) is 0.